The molecule has 5 nitrogen and oxygen atoms in total. The lowest BCUT2D eigenvalue weighted by atomic mass is 10.1. The van der Waals surface area contributed by atoms with Gasteiger partial charge in [0.1, 0.15) is 0 Å². The third kappa shape index (κ3) is 7.20. The largest absolute Gasteiger partial charge is 0.333 e. The van der Waals surface area contributed by atoms with Crippen molar-refractivity contribution in [2.24, 2.45) is 5.92 Å². The van der Waals surface area contributed by atoms with Crippen LogP contribution >= 0.6 is 0 Å². The maximum Gasteiger partial charge on any atom is 0.333 e. The summed E-state index contributed by atoms with van der Waals surface area (Å²) in [5.74, 6) is -0.547. The minimum Gasteiger partial charge on any atom is -0.275 e. The number of imide groups is 2. The lowest BCUT2D eigenvalue weighted by Crippen LogP contribution is -2.49. The Hall–Kier alpha value is -1.91. The van der Waals surface area contributed by atoms with Crippen LogP contribution in [0.15, 0.2) is 24.3 Å². The second-order valence-electron chi connectivity index (χ2n) is 6.20. The molecule has 22 heavy (non-hydrogen) atoms. The highest BCUT2D eigenvalue weighted by molar-refractivity contribution is 6.01. The van der Waals surface area contributed by atoms with Gasteiger partial charge in [-0.15, -0.1) is 6.58 Å². The van der Waals surface area contributed by atoms with Gasteiger partial charge >= 0.3 is 6.03 Å². The van der Waals surface area contributed by atoms with E-state index in [-0.39, 0.29) is 37.2 Å². The average Bonchev–Trinajstić information content (AvgIpc) is 2.37. The van der Waals surface area contributed by atoms with Gasteiger partial charge in [0.2, 0.25) is 11.8 Å². The Balaban J connectivity index is 5.24. The van der Waals surface area contributed by atoms with Crippen molar-refractivity contribution in [2.45, 2.75) is 47.5 Å². The van der Waals surface area contributed by atoms with Crippen LogP contribution < -0.4 is 0 Å². The average molecular weight is 308 g/mol. The molecule has 0 radical (unpaired) electrons. The fourth-order valence-corrected chi connectivity index (χ4v) is 1.84. The first kappa shape index (κ1) is 20.1. The van der Waals surface area contributed by atoms with E-state index in [0.717, 1.165) is 15.4 Å². The van der Waals surface area contributed by atoms with E-state index in [2.05, 4.69) is 13.2 Å². The predicted molar refractivity (Wildman–Crippen MR) is 88.2 cm³/mol. The molecule has 5 heteroatoms. The van der Waals surface area contributed by atoms with Crippen LogP contribution in [0, 0.1) is 5.92 Å². The van der Waals surface area contributed by atoms with Crippen LogP contribution in [0.1, 0.15) is 47.5 Å². The molecule has 0 aliphatic carbocycles. The summed E-state index contributed by atoms with van der Waals surface area (Å²) < 4.78 is 0. The first-order valence-corrected chi connectivity index (χ1v) is 7.47. The molecule has 0 aromatic carbocycles. The second-order valence-corrected chi connectivity index (χ2v) is 6.20. The van der Waals surface area contributed by atoms with Crippen LogP contribution in [0.2, 0.25) is 0 Å². The van der Waals surface area contributed by atoms with E-state index in [1.54, 1.807) is 6.92 Å². The van der Waals surface area contributed by atoms with E-state index in [4.69, 9.17) is 0 Å². The summed E-state index contributed by atoms with van der Waals surface area (Å²) >= 11 is 0. The summed E-state index contributed by atoms with van der Waals surface area (Å²) in [5.41, 5.74) is 1.56. The summed E-state index contributed by atoms with van der Waals surface area (Å²) in [6.07, 6.45) is 0.713. The molecule has 0 bridgehead atoms. The van der Waals surface area contributed by atoms with Gasteiger partial charge in [-0.05, 0) is 26.2 Å². The molecule has 0 aromatic rings. The zero-order chi connectivity index (χ0) is 17.4. The van der Waals surface area contributed by atoms with Crippen molar-refractivity contribution in [3.8, 4) is 0 Å². The molecule has 0 N–H and O–H groups in total. The van der Waals surface area contributed by atoms with Gasteiger partial charge < -0.3 is 0 Å². The van der Waals surface area contributed by atoms with Crippen molar-refractivity contribution >= 4 is 17.8 Å². The highest BCUT2D eigenvalue weighted by Crippen LogP contribution is 2.11. The van der Waals surface area contributed by atoms with E-state index in [0.29, 0.717) is 12.0 Å². The molecule has 0 aliphatic rings. The third-order valence-electron chi connectivity index (χ3n) is 2.88. The standard InChI is InChI=1S/C17H28N2O3/c1-12(2)8-9-16(21)19(11-14(5)6)17(22)18(15(7)20)10-13(3)4/h13H,1,5,8-11H2,2-4,6-7H3. The number of amides is 4. The first-order chi connectivity index (χ1) is 10.1. The molecule has 4 amide bonds. The molecule has 0 spiro atoms. The molecule has 0 heterocycles. The van der Waals surface area contributed by atoms with Crippen LogP contribution in [0.25, 0.3) is 0 Å². The minimum atomic E-state index is -0.573. The Morgan fingerprint density at radius 1 is 0.909 bits per heavy atom. The summed E-state index contributed by atoms with van der Waals surface area (Å²) in [5, 5.41) is 0. The molecular formula is C17H28N2O3. The second kappa shape index (κ2) is 9.18. The van der Waals surface area contributed by atoms with Gasteiger partial charge in [-0.2, -0.15) is 0 Å². The highest BCUT2D eigenvalue weighted by Gasteiger charge is 2.28. The van der Waals surface area contributed by atoms with E-state index >= 15 is 0 Å². The van der Waals surface area contributed by atoms with Gasteiger partial charge in [-0.25, -0.2) is 4.79 Å². The molecule has 0 saturated heterocycles. The molecular weight excluding hydrogens is 280 g/mol. The Kier molecular flexibility index (Phi) is 8.38. The number of urea groups is 1. The number of rotatable bonds is 7. The minimum absolute atomic E-state index is 0.121. The van der Waals surface area contributed by atoms with Crippen LogP contribution in [-0.4, -0.2) is 40.7 Å². The predicted octanol–water partition coefficient (Wildman–Crippen LogP) is 3.37. The normalized spacial score (nSPS) is 10.3. The zero-order valence-corrected chi connectivity index (χ0v) is 14.4. The van der Waals surface area contributed by atoms with Gasteiger partial charge in [0.05, 0.1) is 6.54 Å². The summed E-state index contributed by atoms with van der Waals surface area (Å²) in [4.78, 5) is 38.9. The van der Waals surface area contributed by atoms with E-state index in [9.17, 15) is 14.4 Å². The van der Waals surface area contributed by atoms with Crippen molar-refractivity contribution in [3.63, 3.8) is 0 Å². The Bertz CT molecular complexity index is 467. The number of hydrogen-bond donors (Lipinski definition) is 0. The van der Waals surface area contributed by atoms with Crippen molar-refractivity contribution in [1.29, 1.82) is 0 Å². The Labute approximate surface area is 133 Å². The van der Waals surface area contributed by atoms with Gasteiger partial charge in [-0.3, -0.25) is 19.4 Å². The zero-order valence-electron chi connectivity index (χ0n) is 14.4. The van der Waals surface area contributed by atoms with E-state index < -0.39 is 6.03 Å². The number of carbonyl (C=O) groups excluding carboxylic acids is 3. The van der Waals surface area contributed by atoms with Crippen LogP contribution in [-0.2, 0) is 9.59 Å². The molecule has 124 valence electrons. The van der Waals surface area contributed by atoms with E-state index in [1.165, 1.54) is 6.92 Å². The number of hydrogen-bond acceptors (Lipinski definition) is 3. The number of carbonyl (C=O) groups is 3. The number of allylic oxidation sites excluding steroid dienone is 1. The Morgan fingerprint density at radius 3 is 1.82 bits per heavy atom. The topological polar surface area (TPSA) is 57.7 Å². The first-order valence-electron chi connectivity index (χ1n) is 7.47. The molecule has 0 rings (SSSR count). The quantitative estimate of drug-likeness (QED) is 0.678. The lowest BCUT2D eigenvalue weighted by Gasteiger charge is -2.29. The van der Waals surface area contributed by atoms with Crippen LogP contribution in [0.3, 0.4) is 0 Å². The summed E-state index contributed by atoms with van der Waals surface area (Å²) in [6, 6.07) is -0.573. The maximum atomic E-state index is 12.6. The van der Waals surface area contributed by atoms with Gasteiger partial charge in [0.15, 0.2) is 0 Å². The number of nitrogens with zero attached hydrogens (tertiary/aromatic N) is 2. The van der Waals surface area contributed by atoms with Gasteiger partial charge in [0.25, 0.3) is 0 Å². The monoisotopic (exact) mass is 308 g/mol. The summed E-state index contributed by atoms with van der Waals surface area (Å²) in [6.45, 7) is 16.6. The fourth-order valence-electron chi connectivity index (χ4n) is 1.84. The Morgan fingerprint density at radius 2 is 1.45 bits per heavy atom. The van der Waals surface area contributed by atoms with E-state index in [1.807, 2.05) is 20.8 Å². The van der Waals surface area contributed by atoms with Crippen molar-refractivity contribution in [3.05, 3.63) is 24.3 Å². The fraction of sp³-hybridized carbons (Fsp3) is 0.588. The maximum absolute atomic E-state index is 12.6. The molecule has 0 aliphatic heterocycles. The molecule has 0 aromatic heterocycles. The van der Waals surface area contributed by atoms with Crippen LogP contribution in [0.4, 0.5) is 4.79 Å². The van der Waals surface area contributed by atoms with Crippen molar-refractivity contribution in [2.75, 3.05) is 13.1 Å². The van der Waals surface area contributed by atoms with Gasteiger partial charge in [-0.1, -0.05) is 31.6 Å². The third-order valence-corrected chi connectivity index (χ3v) is 2.88. The highest BCUT2D eigenvalue weighted by atomic mass is 16.2. The van der Waals surface area contributed by atoms with Crippen molar-refractivity contribution in [1.82, 2.24) is 9.80 Å². The summed E-state index contributed by atoms with van der Waals surface area (Å²) in [7, 11) is 0. The molecule has 0 unspecified atom stereocenters. The molecule has 0 fully saturated rings. The smallest absolute Gasteiger partial charge is 0.275 e. The van der Waals surface area contributed by atoms with Crippen molar-refractivity contribution < 1.29 is 14.4 Å². The molecule has 0 atom stereocenters. The lowest BCUT2D eigenvalue weighted by molar-refractivity contribution is -0.130. The van der Waals surface area contributed by atoms with Crippen LogP contribution in [0.5, 0.6) is 0 Å². The molecule has 0 saturated carbocycles. The SMILES string of the molecule is C=C(C)CCC(=O)N(CC(=C)C)C(=O)N(CC(C)C)C(C)=O. The van der Waals surface area contributed by atoms with Gasteiger partial charge in [0, 0.05) is 19.9 Å².